The van der Waals surface area contributed by atoms with Crippen molar-refractivity contribution in [3.63, 3.8) is 0 Å². The maximum atomic E-state index is 12.9. The van der Waals surface area contributed by atoms with Crippen molar-refractivity contribution in [2.24, 2.45) is 0 Å². The minimum atomic E-state index is -0.252. The molecule has 0 aliphatic carbocycles. The molecule has 1 fully saturated rings. The van der Waals surface area contributed by atoms with Gasteiger partial charge in [0, 0.05) is 13.1 Å². The van der Waals surface area contributed by atoms with Gasteiger partial charge in [-0.25, -0.2) is 4.98 Å². The summed E-state index contributed by atoms with van der Waals surface area (Å²) in [6.07, 6.45) is 1.26. The van der Waals surface area contributed by atoms with E-state index in [9.17, 15) is 9.90 Å². The Morgan fingerprint density at radius 1 is 1.25 bits per heavy atom. The van der Waals surface area contributed by atoms with E-state index in [2.05, 4.69) is 27.1 Å². The lowest BCUT2D eigenvalue weighted by Gasteiger charge is -2.38. The van der Waals surface area contributed by atoms with Gasteiger partial charge in [-0.2, -0.15) is 4.68 Å². The number of aromatic nitrogens is 3. The molecule has 0 spiro atoms. The molecule has 3 heterocycles. The lowest BCUT2D eigenvalue weighted by molar-refractivity contribution is 0.0551. The Morgan fingerprint density at radius 2 is 1.96 bits per heavy atom. The molecule has 2 aliphatic rings. The summed E-state index contributed by atoms with van der Waals surface area (Å²) in [6, 6.07) is 10.1. The van der Waals surface area contributed by atoms with Crippen LogP contribution in [0.25, 0.3) is 0 Å². The van der Waals surface area contributed by atoms with Gasteiger partial charge in [0.25, 0.3) is 5.91 Å². The number of aliphatic hydroxyl groups is 1. The Labute approximate surface area is 144 Å². The molecule has 0 saturated carbocycles. The largest absolute Gasteiger partial charge is 0.393 e. The highest BCUT2D eigenvalue weighted by molar-refractivity contribution is 8.00. The van der Waals surface area contributed by atoms with Gasteiger partial charge in [0.2, 0.25) is 0 Å². The lowest BCUT2D eigenvalue weighted by Crippen LogP contribution is -2.44. The molecule has 1 N–H and O–H groups in total. The molecule has 0 bridgehead atoms. The summed E-state index contributed by atoms with van der Waals surface area (Å²) < 4.78 is 1.44. The minimum Gasteiger partial charge on any atom is -0.393 e. The summed E-state index contributed by atoms with van der Waals surface area (Å²) in [4.78, 5) is 19.6. The number of likely N-dealkylation sites (tertiary alicyclic amines) is 1. The van der Waals surface area contributed by atoms with E-state index in [0.29, 0.717) is 11.0 Å². The molecule has 0 amide bonds. The SMILES string of the molecule is Cc1nc2n(n1)C(=O)C(C(c1ccccc1)N1CCC(O)CC1)S2. The van der Waals surface area contributed by atoms with Crippen molar-refractivity contribution < 1.29 is 9.90 Å². The highest BCUT2D eigenvalue weighted by atomic mass is 32.2. The van der Waals surface area contributed by atoms with Gasteiger partial charge in [-0.3, -0.25) is 9.69 Å². The molecule has 2 atom stereocenters. The van der Waals surface area contributed by atoms with E-state index in [4.69, 9.17) is 0 Å². The number of thioether (sulfide) groups is 1. The van der Waals surface area contributed by atoms with Crippen LogP contribution in [-0.2, 0) is 0 Å². The van der Waals surface area contributed by atoms with E-state index < -0.39 is 0 Å². The van der Waals surface area contributed by atoms with Crippen molar-refractivity contribution in [2.45, 2.75) is 42.3 Å². The van der Waals surface area contributed by atoms with E-state index in [1.807, 2.05) is 18.2 Å². The van der Waals surface area contributed by atoms with Crippen LogP contribution in [0.2, 0.25) is 0 Å². The van der Waals surface area contributed by atoms with E-state index in [1.54, 1.807) is 6.92 Å². The Balaban J connectivity index is 1.66. The molecule has 2 aromatic rings. The number of nitrogens with zero attached hydrogens (tertiary/aromatic N) is 4. The first-order chi connectivity index (χ1) is 11.6. The van der Waals surface area contributed by atoms with Gasteiger partial charge in [-0.05, 0) is 25.3 Å². The molecule has 126 valence electrons. The van der Waals surface area contributed by atoms with Gasteiger partial charge in [0.1, 0.15) is 11.1 Å². The smallest absolute Gasteiger partial charge is 0.264 e. The summed E-state index contributed by atoms with van der Waals surface area (Å²) in [5.41, 5.74) is 1.13. The second-order valence-corrected chi connectivity index (χ2v) is 7.46. The van der Waals surface area contributed by atoms with Gasteiger partial charge in [0.05, 0.1) is 12.1 Å². The number of aryl methyl sites for hydroxylation is 1. The van der Waals surface area contributed by atoms with Crippen molar-refractivity contribution >= 4 is 17.7 Å². The fourth-order valence-electron chi connectivity index (χ4n) is 3.49. The van der Waals surface area contributed by atoms with Crippen molar-refractivity contribution in [1.82, 2.24) is 19.7 Å². The molecule has 7 heteroatoms. The van der Waals surface area contributed by atoms with Gasteiger partial charge in [-0.1, -0.05) is 42.1 Å². The fourth-order valence-corrected chi connectivity index (χ4v) is 4.79. The van der Waals surface area contributed by atoms with Crippen LogP contribution < -0.4 is 0 Å². The van der Waals surface area contributed by atoms with E-state index in [0.717, 1.165) is 31.5 Å². The fraction of sp³-hybridized carbons (Fsp3) is 0.471. The summed E-state index contributed by atoms with van der Waals surface area (Å²) in [6.45, 7) is 3.38. The predicted octanol–water partition coefficient (Wildman–Crippen LogP) is 1.90. The van der Waals surface area contributed by atoms with Gasteiger partial charge in [0.15, 0.2) is 5.16 Å². The van der Waals surface area contributed by atoms with E-state index in [1.165, 1.54) is 16.4 Å². The second-order valence-electron chi connectivity index (χ2n) is 6.35. The Morgan fingerprint density at radius 3 is 2.62 bits per heavy atom. The van der Waals surface area contributed by atoms with Crippen molar-refractivity contribution in [2.75, 3.05) is 13.1 Å². The van der Waals surface area contributed by atoms with Crippen molar-refractivity contribution in [3.05, 3.63) is 41.7 Å². The summed E-state index contributed by atoms with van der Waals surface area (Å²) >= 11 is 1.50. The molecule has 1 aromatic heterocycles. The Kier molecular flexibility index (Phi) is 4.15. The monoisotopic (exact) mass is 344 g/mol. The van der Waals surface area contributed by atoms with Crippen LogP contribution in [0.3, 0.4) is 0 Å². The number of carbonyl (C=O) groups excluding carboxylic acids is 1. The Bertz CT molecular complexity index is 740. The zero-order chi connectivity index (χ0) is 16.7. The van der Waals surface area contributed by atoms with Gasteiger partial charge >= 0.3 is 0 Å². The minimum absolute atomic E-state index is 0.00410. The average Bonchev–Trinajstić information content (AvgIpc) is 3.09. The van der Waals surface area contributed by atoms with Gasteiger partial charge < -0.3 is 5.11 Å². The number of hydrogen-bond donors (Lipinski definition) is 1. The number of carbonyl (C=O) groups is 1. The third-order valence-corrected chi connectivity index (χ3v) is 5.88. The number of rotatable bonds is 3. The van der Waals surface area contributed by atoms with Crippen molar-refractivity contribution in [1.29, 1.82) is 0 Å². The molecule has 4 rings (SSSR count). The quantitative estimate of drug-likeness (QED) is 0.917. The zero-order valence-corrected chi connectivity index (χ0v) is 14.3. The third-order valence-electron chi connectivity index (χ3n) is 4.69. The molecule has 2 unspecified atom stereocenters. The van der Waals surface area contributed by atoms with E-state index >= 15 is 0 Å². The molecule has 1 aromatic carbocycles. The number of benzene rings is 1. The normalized spacial score (nSPS) is 23.4. The van der Waals surface area contributed by atoms with Crippen LogP contribution in [-0.4, -0.2) is 55.1 Å². The first-order valence-electron chi connectivity index (χ1n) is 8.25. The molecule has 0 radical (unpaired) electrons. The Hall–Kier alpha value is -1.70. The maximum Gasteiger partial charge on any atom is 0.264 e. The summed E-state index contributed by atoms with van der Waals surface area (Å²) in [7, 11) is 0. The number of hydrogen-bond acceptors (Lipinski definition) is 6. The van der Waals surface area contributed by atoms with Crippen LogP contribution in [0, 0.1) is 6.92 Å². The first-order valence-corrected chi connectivity index (χ1v) is 9.13. The maximum absolute atomic E-state index is 12.9. The third kappa shape index (κ3) is 2.76. The molecule has 6 nitrogen and oxygen atoms in total. The standard InChI is InChI=1S/C17H20N4O2S/c1-11-18-17-21(19-11)16(23)15(24-17)14(12-5-3-2-4-6-12)20-9-7-13(22)8-10-20/h2-6,13-15,22H,7-10H2,1H3. The molecule has 1 saturated heterocycles. The number of piperidine rings is 1. The van der Waals surface area contributed by atoms with Crippen LogP contribution in [0.15, 0.2) is 35.5 Å². The molecular weight excluding hydrogens is 324 g/mol. The van der Waals surface area contributed by atoms with Crippen LogP contribution in [0.5, 0.6) is 0 Å². The summed E-state index contributed by atoms with van der Waals surface area (Å²) in [5.74, 6) is 0.622. The average molecular weight is 344 g/mol. The molecule has 2 aliphatic heterocycles. The van der Waals surface area contributed by atoms with Crippen LogP contribution in [0.1, 0.15) is 35.1 Å². The first kappa shape index (κ1) is 15.8. The van der Waals surface area contributed by atoms with Crippen LogP contribution >= 0.6 is 11.8 Å². The zero-order valence-electron chi connectivity index (χ0n) is 13.5. The summed E-state index contributed by atoms with van der Waals surface area (Å²) in [5, 5.41) is 14.5. The molecule has 24 heavy (non-hydrogen) atoms. The number of aliphatic hydroxyl groups excluding tert-OH is 1. The molecular formula is C17H20N4O2S. The van der Waals surface area contributed by atoms with E-state index in [-0.39, 0.29) is 23.3 Å². The lowest BCUT2D eigenvalue weighted by atomic mass is 9.97. The number of fused-ring (bicyclic) bond motifs is 1. The van der Waals surface area contributed by atoms with Crippen LogP contribution in [0.4, 0.5) is 0 Å². The predicted molar refractivity (Wildman–Crippen MR) is 91.0 cm³/mol. The highest BCUT2D eigenvalue weighted by Gasteiger charge is 2.43. The van der Waals surface area contributed by atoms with Gasteiger partial charge in [-0.15, -0.1) is 5.10 Å². The highest BCUT2D eigenvalue weighted by Crippen LogP contribution is 2.41. The second kappa shape index (κ2) is 6.31. The topological polar surface area (TPSA) is 71.2 Å². The van der Waals surface area contributed by atoms with Crippen molar-refractivity contribution in [3.8, 4) is 0 Å².